The van der Waals surface area contributed by atoms with Gasteiger partial charge in [0, 0.05) is 18.9 Å². The monoisotopic (exact) mass is 239 g/mol. The van der Waals surface area contributed by atoms with Gasteiger partial charge in [-0.15, -0.1) is 0 Å². The third-order valence-corrected chi connectivity index (χ3v) is 3.74. The third kappa shape index (κ3) is 1.87. The number of halogens is 1. The third-order valence-electron chi connectivity index (χ3n) is 3.48. The van der Waals surface area contributed by atoms with Gasteiger partial charge in [-0.2, -0.15) is 0 Å². The van der Waals surface area contributed by atoms with Crippen LogP contribution >= 0.6 is 11.6 Å². The van der Waals surface area contributed by atoms with E-state index in [-0.39, 0.29) is 6.10 Å². The first kappa shape index (κ1) is 10.3. The molecule has 2 bridgehead atoms. The van der Waals surface area contributed by atoms with Gasteiger partial charge in [-0.25, -0.2) is 9.97 Å². The number of ether oxygens (including phenoxy) is 1. The number of piperidine rings is 3. The van der Waals surface area contributed by atoms with Crippen LogP contribution in [0.15, 0.2) is 12.4 Å². The molecule has 3 saturated heterocycles. The van der Waals surface area contributed by atoms with Gasteiger partial charge in [0.25, 0.3) is 5.88 Å². The Labute approximate surface area is 99.6 Å². The van der Waals surface area contributed by atoms with E-state index in [1.807, 2.05) is 0 Å². The van der Waals surface area contributed by atoms with E-state index in [1.54, 1.807) is 12.4 Å². The van der Waals surface area contributed by atoms with Crippen LogP contribution in [0, 0.1) is 5.92 Å². The average molecular weight is 240 g/mol. The molecule has 0 aliphatic carbocycles. The first-order valence-electron chi connectivity index (χ1n) is 5.68. The molecule has 0 radical (unpaired) electrons. The van der Waals surface area contributed by atoms with Crippen molar-refractivity contribution >= 4 is 11.6 Å². The molecule has 1 aromatic rings. The number of fused-ring (bicyclic) bond motifs is 3. The van der Waals surface area contributed by atoms with Gasteiger partial charge in [0.05, 0.1) is 0 Å². The molecule has 0 amide bonds. The molecule has 0 N–H and O–H groups in total. The molecule has 1 atom stereocenters. The van der Waals surface area contributed by atoms with E-state index in [9.17, 15) is 0 Å². The summed E-state index contributed by atoms with van der Waals surface area (Å²) in [6.07, 6.45) is 5.87. The fourth-order valence-corrected chi connectivity index (χ4v) is 2.72. The summed E-state index contributed by atoms with van der Waals surface area (Å²) in [4.78, 5) is 10.5. The highest BCUT2D eigenvalue weighted by molar-refractivity contribution is 6.30. The highest BCUT2D eigenvalue weighted by atomic mass is 35.5. The summed E-state index contributed by atoms with van der Waals surface area (Å²) in [6.45, 7) is 3.41. The molecule has 4 heterocycles. The van der Waals surface area contributed by atoms with Crippen molar-refractivity contribution in [2.45, 2.75) is 18.9 Å². The zero-order chi connectivity index (χ0) is 11.0. The summed E-state index contributed by atoms with van der Waals surface area (Å²) in [5.41, 5.74) is 0. The van der Waals surface area contributed by atoms with Crippen molar-refractivity contribution in [2.24, 2.45) is 5.92 Å². The molecule has 5 heteroatoms. The number of hydrogen-bond donors (Lipinski definition) is 0. The number of rotatable bonds is 2. The van der Waals surface area contributed by atoms with Crippen LogP contribution in [-0.2, 0) is 0 Å². The molecular formula is C11H14ClN3O. The van der Waals surface area contributed by atoms with Crippen molar-refractivity contribution in [2.75, 3.05) is 19.6 Å². The molecule has 1 aromatic heterocycles. The van der Waals surface area contributed by atoms with Crippen molar-refractivity contribution in [3.05, 3.63) is 17.5 Å². The minimum absolute atomic E-state index is 0.233. The summed E-state index contributed by atoms with van der Waals surface area (Å²) < 4.78 is 5.87. The summed E-state index contributed by atoms with van der Waals surface area (Å²) in [5, 5.41) is 0.360. The first-order chi connectivity index (χ1) is 7.83. The molecule has 86 valence electrons. The molecule has 0 spiro atoms. The summed E-state index contributed by atoms with van der Waals surface area (Å²) in [7, 11) is 0. The fraction of sp³-hybridized carbons (Fsp3) is 0.636. The Hall–Kier alpha value is -0.870. The zero-order valence-electron chi connectivity index (χ0n) is 8.97. The average Bonchev–Trinajstić information content (AvgIpc) is 2.34. The van der Waals surface area contributed by atoms with Crippen LogP contribution in [0.25, 0.3) is 0 Å². The lowest BCUT2D eigenvalue weighted by Gasteiger charge is -2.44. The van der Waals surface area contributed by atoms with E-state index in [1.165, 1.54) is 25.9 Å². The van der Waals surface area contributed by atoms with Crippen LogP contribution in [0.5, 0.6) is 5.88 Å². The number of nitrogens with zero attached hydrogens (tertiary/aromatic N) is 3. The SMILES string of the molecule is Clc1nccnc1OC1CN2CCC1CC2. The Bertz CT molecular complexity index is 379. The van der Waals surface area contributed by atoms with Gasteiger partial charge in [0.15, 0.2) is 5.15 Å². The van der Waals surface area contributed by atoms with Gasteiger partial charge in [0.2, 0.25) is 0 Å². The van der Waals surface area contributed by atoms with Crippen LogP contribution in [-0.4, -0.2) is 40.6 Å². The normalized spacial score (nSPS) is 32.7. The first-order valence-corrected chi connectivity index (χ1v) is 6.06. The summed E-state index contributed by atoms with van der Waals surface area (Å²) in [5.74, 6) is 1.13. The predicted octanol–water partition coefficient (Wildman–Crippen LogP) is 1.60. The molecule has 3 fully saturated rings. The topological polar surface area (TPSA) is 38.3 Å². The fourth-order valence-electron chi connectivity index (χ4n) is 2.58. The van der Waals surface area contributed by atoms with Gasteiger partial charge in [-0.1, -0.05) is 11.6 Å². The zero-order valence-corrected chi connectivity index (χ0v) is 9.73. The van der Waals surface area contributed by atoms with E-state index >= 15 is 0 Å². The van der Waals surface area contributed by atoms with Crippen LogP contribution in [0.3, 0.4) is 0 Å². The molecule has 0 saturated carbocycles. The van der Waals surface area contributed by atoms with Gasteiger partial charge >= 0.3 is 0 Å². The van der Waals surface area contributed by atoms with Crippen molar-refractivity contribution in [1.82, 2.24) is 14.9 Å². The largest absolute Gasteiger partial charge is 0.471 e. The standard InChI is InChI=1S/C11H14ClN3O/c12-10-11(14-4-3-13-10)16-9-7-15-5-1-8(9)2-6-15/h3-4,8-9H,1-2,5-7H2. The van der Waals surface area contributed by atoms with Gasteiger partial charge in [-0.05, 0) is 31.8 Å². The summed E-state index contributed by atoms with van der Waals surface area (Å²) >= 11 is 5.93. The highest BCUT2D eigenvalue weighted by Gasteiger charge is 2.36. The second kappa shape index (κ2) is 4.18. The lowest BCUT2D eigenvalue weighted by atomic mass is 9.86. The Morgan fingerprint density at radius 2 is 2.00 bits per heavy atom. The van der Waals surface area contributed by atoms with Gasteiger partial charge in [-0.3, -0.25) is 4.90 Å². The Kier molecular flexibility index (Phi) is 2.69. The second-order valence-corrected chi connectivity index (χ2v) is 4.80. The maximum absolute atomic E-state index is 5.93. The Balaban J connectivity index is 1.73. The summed E-state index contributed by atoms with van der Waals surface area (Å²) in [6, 6.07) is 0. The maximum Gasteiger partial charge on any atom is 0.252 e. The maximum atomic E-state index is 5.93. The van der Waals surface area contributed by atoms with Crippen molar-refractivity contribution in [3.8, 4) is 5.88 Å². The van der Waals surface area contributed by atoms with Crippen molar-refractivity contribution in [1.29, 1.82) is 0 Å². The Morgan fingerprint density at radius 3 is 2.62 bits per heavy atom. The molecule has 3 aliphatic rings. The predicted molar refractivity (Wildman–Crippen MR) is 60.6 cm³/mol. The lowest BCUT2D eigenvalue weighted by Crippen LogP contribution is -2.52. The Morgan fingerprint density at radius 1 is 1.25 bits per heavy atom. The highest BCUT2D eigenvalue weighted by Crippen LogP contribution is 2.31. The molecule has 4 rings (SSSR count). The molecule has 3 aliphatic heterocycles. The number of hydrogen-bond acceptors (Lipinski definition) is 4. The van der Waals surface area contributed by atoms with Gasteiger partial charge < -0.3 is 4.74 Å². The van der Waals surface area contributed by atoms with E-state index in [0.717, 1.165) is 6.54 Å². The minimum atomic E-state index is 0.233. The minimum Gasteiger partial charge on any atom is -0.471 e. The van der Waals surface area contributed by atoms with Crippen molar-refractivity contribution in [3.63, 3.8) is 0 Å². The molecule has 16 heavy (non-hydrogen) atoms. The molecular weight excluding hydrogens is 226 g/mol. The second-order valence-electron chi connectivity index (χ2n) is 4.45. The van der Waals surface area contributed by atoms with Crippen LogP contribution < -0.4 is 4.74 Å². The van der Waals surface area contributed by atoms with E-state index in [0.29, 0.717) is 17.0 Å². The van der Waals surface area contributed by atoms with Crippen LogP contribution in [0.4, 0.5) is 0 Å². The van der Waals surface area contributed by atoms with E-state index in [4.69, 9.17) is 16.3 Å². The van der Waals surface area contributed by atoms with E-state index < -0.39 is 0 Å². The van der Waals surface area contributed by atoms with E-state index in [2.05, 4.69) is 14.9 Å². The smallest absolute Gasteiger partial charge is 0.252 e. The van der Waals surface area contributed by atoms with Crippen LogP contribution in [0.2, 0.25) is 5.15 Å². The number of aromatic nitrogens is 2. The molecule has 0 aromatic carbocycles. The molecule has 4 nitrogen and oxygen atoms in total. The molecule has 1 unspecified atom stereocenters. The lowest BCUT2D eigenvalue weighted by molar-refractivity contribution is -0.0101. The van der Waals surface area contributed by atoms with Crippen molar-refractivity contribution < 1.29 is 4.74 Å². The quantitative estimate of drug-likeness (QED) is 0.786. The van der Waals surface area contributed by atoms with Crippen LogP contribution in [0.1, 0.15) is 12.8 Å². The van der Waals surface area contributed by atoms with Gasteiger partial charge in [0.1, 0.15) is 6.10 Å².